The minimum Gasteiger partial charge on any atom is -0.449 e. The molecule has 4 rings (SSSR count). The summed E-state index contributed by atoms with van der Waals surface area (Å²) in [5.74, 6) is -1.37. The summed E-state index contributed by atoms with van der Waals surface area (Å²) < 4.78 is 7.07. The molecule has 1 unspecified atom stereocenters. The fourth-order valence-electron chi connectivity index (χ4n) is 4.32. The monoisotopic (exact) mass is 463 g/mol. The number of imide groups is 1. The topological polar surface area (TPSA) is 115 Å². The number of esters is 1. The van der Waals surface area contributed by atoms with Crippen molar-refractivity contribution in [1.82, 2.24) is 25.4 Å². The number of urea groups is 1. The first-order valence-corrected chi connectivity index (χ1v) is 11.6. The molecular weight excluding hydrogens is 434 g/mol. The van der Waals surface area contributed by atoms with Crippen LogP contribution < -0.4 is 10.6 Å². The summed E-state index contributed by atoms with van der Waals surface area (Å²) in [5.41, 5.74) is 2.85. The number of amides is 3. The van der Waals surface area contributed by atoms with Gasteiger partial charge in [-0.25, -0.2) is 14.6 Å². The second-order valence-corrected chi connectivity index (χ2v) is 8.67. The van der Waals surface area contributed by atoms with Crippen LogP contribution in [0.15, 0.2) is 36.4 Å². The van der Waals surface area contributed by atoms with Crippen LogP contribution in [0.5, 0.6) is 0 Å². The highest BCUT2D eigenvalue weighted by Crippen LogP contribution is 2.27. The quantitative estimate of drug-likeness (QED) is 0.558. The lowest BCUT2D eigenvalue weighted by Crippen LogP contribution is -2.48. The van der Waals surface area contributed by atoms with E-state index in [-0.39, 0.29) is 11.6 Å². The van der Waals surface area contributed by atoms with E-state index in [1.807, 2.05) is 30.3 Å². The summed E-state index contributed by atoms with van der Waals surface area (Å²) in [4.78, 5) is 42.5. The number of carbonyl (C=O) groups excluding carboxylic acids is 3. The van der Waals surface area contributed by atoms with Crippen molar-refractivity contribution >= 4 is 28.9 Å². The van der Waals surface area contributed by atoms with E-state index in [9.17, 15) is 14.4 Å². The average Bonchev–Trinajstić information content (AvgIpc) is 3.12. The Kier molecular flexibility index (Phi) is 6.90. The number of carbonyl (C=O) groups is 3. The van der Waals surface area contributed by atoms with Crippen LogP contribution in [0.1, 0.15) is 55.1 Å². The third kappa shape index (κ3) is 5.08. The molecule has 1 aliphatic carbocycles. The molecule has 0 bridgehead atoms. The van der Waals surface area contributed by atoms with Gasteiger partial charge >= 0.3 is 12.0 Å². The Morgan fingerprint density at radius 3 is 2.53 bits per heavy atom. The summed E-state index contributed by atoms with van der Waals surface area (Å²) in [6.07, 6.45) is 3.93. The molecule has 1 atom stereocenters. The van der Waals surface area contributed by atoms with Crippen molar-refractivity contribution < 1.29 is 19.1 Å². The smallest absolute Gasteiger partial charge is 0.339 e. The number of benzene rings is 1. The highest BCUT2D eigenvalue weighted by Gasteiger charge is 2.26. The Bertz CT molecular complexity index is 1220. The molecule has 34 heavy (non-hydrogen) atoms. The highest BCUT2D eigenvalue weighted by molar-refractivity contribution is 6.06. The molecule has 178 valence electrons. The van der Waals surface area contributed by atoms with Crippen molar-refractivity contribution in [3.8, 4) is 11.3 Å². The van der Waals surface area contributed by atoms with E-state index in [0.717, 1.165) is 37.7 Å². The van der Waals surface area contributed by atoms with Crippen LogP contribution in [0.25, 0.3) is 22.3 Å². The van der Waals surface area contributed by atoms with Gasteiger partial charge in [0.25, 0.3) is 5.91 Å². The number of hydrogen-bond acceptors (Lipinski definition) is 6. The van der Waals surface area contributed by atoms with Gasteiger partial charge in [0.2, 0.25) is 0 Å². The van der Waals surface area contributed by atoms with Gasteiger partial charge in [0, 0.05) is 18.7 Å². The van der Waals surface area contributed by atoms with E-state index >= 15 is 0 Å². The van der Waals surface area contributed by atoms with Crippen LogP contribution in [0, 0.1) is 6.92 Å². The molecule has 9 nitrogen and oxygen atoms in total. The predicted molar refractivity (Wildman–Crippen MR) is 127 cm³/mol. The SMILES string of the molecule is Cc1nn(C)c2nc(-c3ccccc3)cc(C(=O)OC(C)C(=O)NC(=O)NC3CCCCC3)c12. The van der Waals surface area contributed by atoms with Gasteiger partial charge in [-0.2, -0.15) is 5.10 Å². The van der Waals surface area contributed by atoms with Gasteiger partial charge in [-0.15, -0.1) is 0 Å². The number of fused-ring (bicyclic) bond motifs is 1. The van der Waals surface area contributed by atoms with Crippen LogP contribution in [0.3, 0.4) is 0 Å². The Labute approximate surface area is 197 Å². The first kappa shape index (κ1) is 23.4. The number of pyridine rings is 1. The maximum Gasteiger partial charge on any atom is 0.339 e. The number of ether oxygens (including phenoxy) is 1. The molecule has 1 fully saturated rings. The number of hydrogen-bond donors (Lipinski definition) is 2. The number of nitrogens with one attached hydrogen (secondary N) is 2. The number of nitrogens with zero attached hydrogens (tertiary/aromatic N) is 3. The lowest BCUT2D eigenvalue weighted by atomic mass is 9.96. The largest absolute Gasteiger partial charge is 0.449 e. The molecular formula is C25H29N5O4. The molecule has 2 heterocycles. The zero-order chi connectivity index (χ0) is 24.2. The fourth-order valence-corrected chi connectivity index (χ4v) is 4.32. The molecule has 2 N–H and O–H groups in total. The molecule has 0 spiro atoms. The molecule has 1 aliphatic rings. The Morgan fingerprint density at radius 2 is 1.82 bits per heavy atom. The average molecular weight is 464 g/mol. The first-order chi connectivity index (χ1) is 16.3. The maximum atomic E-state index is 13.2. The van der Waals surface area contributed by atoms with Crippen molar-refractivity contribution in [2.45, 2.75) is 58.1 Å². The van der Waals surface area contributed by atoms with Crippen molar-refractivity contribution in [3.05, 3.63) is 47.7 Å². The van der Waals surface area contributed by atoms with Gasteiger partial charge in [0.05, 0.1) is 22.3 Å². The number of aryl methyl sites for hydroxylation is 2. The summed E-state index contributed by atoms with van der Waals surface area (Å²) in [7, 11) is 1.76. The molecule has 9 heteroatoms. The first-order valence-electron chi connectivity index (χ1n) is 11.6. The van der Waals surface area contributed by atoms with Gasteiger partial charge in [0.1, 0.15) is 0 Å². The van der Waals surface area contributed by atoms with Gasteiger partial charge in [-0.3, -0.25) is 14.8 Å². The zero-order valence-corrected chi connectivity index (χ0v) is 19.6. The Morgan fingerprint density at radius 1 is 1.12 bits per heavy atom. The van der Waals surface area contributed by atoms with Gasteiger partial charge in [0.15, 0.2) is 11.8 Å². The summed E-state index contributed by atoms with van der Waals surface area (Å²) in [5, 5.41) is 10.1. The third-order valence-corrected chi connectivity index (χ3v) is 6.09. The molecule has 0 aliphatic heterocycles. The van der Waals surface area contributed by atoms with Gasteiger partial charge < -0.3 is 10.1 Å². The van der Waals surface area contributed by atoms with Crippen molar-refractivity contribution in [2.75, 3.05) is 0 Å². The summed E-state index contributed by atoms with van der Waals surface area (Å²) in [6, 6.07) is 10.6. The number of aromatic nitrogens is 3. The molecule has 2 aromatic heterocycles. The second-order valence-electron chi connectivity index (χ2n) is 8.67. The molecule has 1 saturated carbocycles. The van der Waals surface area contributed by atoms with Crippen molar-refractivity contribution in [1.29, 1.82) is 0 Å². The lowest BCUT2D eigenvalue weighted by Gasteiger charge is -2.23. The van der Waals surface area contributed by atoms with E-state index < -0.39 is 24.0 Å². The lowest BCUT2D eigenvalue weighted by molar-refractivity contribution is -0.127. The van der Waals surface area contributed by atoms with E-state index in [1.54, 1.807) is 24.7 Å². The summed E-state index contributed by atoms with van der Waals surface area (Å²) >= 11 is 0. The van der Waals surface area contributed by atoms with Crippen LogP contribution in [0.2, 0.25) is 0 Å². The fraction of sp³-hybridized carbons (Fsp3) is 0.400. The van der Waals surface area contributed by atoms with E-state index in [0.29, 0.717) is 22.4 Å². The molecule has 3 aromatic rings. The minimum atomic E-state index is -1.16. The van der Waals surface area contributed by atoms with E-state index in [2.05, 4.69) is 20.7 Å². The summed E-state index contributed by atoms with van der Waals surface area (Å²) in [6.45, 7) is 3.22. The standard InChI is InChI=1S/C25H29N5O4/c1-15-21-19(14-20(17-10-6-4-7-11-17)27-22(21)30(3)29-15)24(32)34-16(2)23(31)28-25(33)26-18-12-8-5-9-13-18/h4,6-7,10-11,14,16,18H,5,8-9,12-13H2,1-3H3,(H2,26,28,31,33). The van der Waals surface area contributed by atoms with E-state index in [4.69, 9.17) is 4.74 Å². The Balaban J connectivity index is 1.51. The predicted octanol–water partition coefficient (Wildman–Crippen LogP) is 3.65. The Hall–Kier alpha value is -3.75. The molecule has 0 radical (unpaired) electrons. The van der Waals surface area contributed by atoms with Crippen LogP contribution in [0.4, 0.5) is 4.79 Å². The van der Waals surface area contributed by atoms with Crippen LogP contribution in [-0.2, 0) is 16.6 Å². The van der Waals surface area contributed by atoms with Gasteiger partial charge in [-0.05, 0) is 32.8 Å². The van der Waals surface area contributed by atoms with Crippen molar-refractivity contribution in [2.24, 2.45) is 7.05 Å². The zero-order valence-electron chi connectivity index (χ0n) is 19.6. The molecule has 3 amide bonds. The van der Waals surface area contributed by atoms with Gasteiger partial charge in [-0.1, -0.05) is 49.6 Å². The minimum absolute atomic E-state index is 0.0643. The molecule has 0 saturated heterocycles. The van der Waals surface area contributed by atoms with Crippen LogP contribution >= 0.6 is 0 Å². The second kappa shape index (κ2) is 10.0. The number of rotatable bonds is 5. The normalized spacial score (nSPS) is 15.0. The van der Waals surface area contributed by atoms with Crippen LogP contribution in [-0.4, -0.2) is 44.8 Å². The molecule has 1 aromatic carbocycles. The maximum absolute atomic E-state index is 13.2. The highest BCUT2D eigenvalue weighted by atomic mass is 16.5. The van der Waals surface area contributed by atoms with E-state index in [1.165, 1.54) is 6.92 Å². The van der Waals surface area contributed by atoms with Crippen molar-refractivity contribution in [3.63, 3.8) is 0 Å². The third-order valence-electron chi connectivity index (χ3n) is 6.09.